The van der Waals surface area contributed by atoms with Crippen molar-refractivity contribution in [3.8, 4) is 0 Å². The summed E-state index contributed by atoms with van der Waals surface area (Å²) in [5.74, 6) is -1.47. The van der Waals surface area contributed by atoms with E-state index in [9.17, 15) is 14.4 Å². The van der Waals surface area contributed by atoms with Crippen LogP contribution in [0.2, 0.25) is 0 Å². The van der Waals surface area contributed by atoms with Crippen molar-refractivity contribution in [3.63, 3.8) is 0 Å². The first-order valence-corrected chi connectivity index (χ1v) is 8.00. The van der Waals surface area contributed by atoms with E-state index in [4.69, 9.17) is 9.47 Å². The Morgan fingerprint density at radius 1 is 1.24 bits per heavy atom. The molecule has 134 valence electrons. The molecule has 2 heterocycles. The lowest BCUT2D eigenvalue weighted by molar-refractivity contribution is 0.0307. The van der Waals surface area contributed by atoms with E-state index >= 15 is 0 Å². The summed E-state index contributed by atoms with van der Waals surface area (Å²) in [5.41, 5.74) is 1.97. The minimum atomic E-state index is -0.991. The van der Waals surface area contributed by atoms with E-state index in [0.717, 1.165) is 0 Å². The summed E-state index contributed by atoms with van der Waals surface area (Å²) in [6.45, 7) is 6.82. The number of carbonyl (C=O) groups is 3. The van der Waals surface area contributed by atoms with E-state index < -0.39 is 23.8 Å². The standard InChI is InChI=1S/C18H22N2O5/c1-6-24-18(23)14-10(2)15(19-11(14)3)16(21)12(4)25-17(22)13-8-7-9-20(13)5/h7-9,12,19H,6H2,1-5H3/t12-/m0/s1. The molecule has 0 amide bonds. The van der Waals surface area contributed by atoms with Gasteiger partial charge in [0.1, 0.15) is 5.69 Å². The van der Waals surface area contributed by atoms with Gasteiger partial charge in [0.2, 0.25) is 5.78 Å². The normalized spacial score (nSPS) is 11.9. The first kappa shape index (κ1) is 18.5. The van der Waals surface area contributed by atoms with E-state index in [1.807, 2.05) is 0 Å². The monoisotopic (exact) mass is 346 g/mol. The highest BCUT2D eigenvalue weighted by molar-refractivity contribution is 6.04. The minimum absolute atomic E-state index is 0.243. The van der Waals surface area contributed by atoms with Crippen LogP contribution in [0.15, 0.2) is 18.3 Å². The summed E-state index contributed by atoms with van der Waals surface area (Å²) in [4.78, 5) is 39.7. The molecule has 7 nitrogen and oxygen atoms in total. The van der Waals surface area contributed by atoms with Crippen LogP contribution in [0.3, 0.4) is 0 Å². The number of hydrogen-bond donors (Lipinski definition) is 1. The minimum Gasteiger partial charge on any atom is -0.462 e. The van der Waals surface area contributed by atoms with Gasteiger partial charge in [0, 0.05) is 18.9 Å². The van der Waals surface area contributed by atoms with Crippen LogP contribution in [-0.4, -0.2) is 40.0 Å². The Kier molecular flexibility index (Phi) is 5.46. The van der Waals surface area contributed by atoms with Crippen LogP contribution in [0.25, 0.3) is 0 Å². The molecule has 0 aromatic carbocycles. The molecule has 1 atom stereocenters. The van der Waals surface area contributed by atoms with Crippen molar-refractivity contribution >= 4 is 17.7 Å². The third-order valence-corrected chi connectivity index (χ3v) is 3.97. The Morgan fingerprint density at radius 2 is 1.92 bits per heavy atom. The Labute approximate surface area is 145 Å². The number of Topliss-reactive ketones (excluding diaryl/α,β-unsaturated/α-hetero) is 1. The summed E-state index contributed by atoms with van der Waals surface area (Å²) in [6.07, 6.45) is 0.724. The highest BCUT2D eigenvalue weighted by Crippen LogP contribution is 2.21. The zero-order valence-electron chi connectivity index (χ0n) is 15.0. The van der Waals surface area contributed by atoms with Crippen molar-refractivity contribution in [3.05, 3.63) is 46.5 Å². The molecule has 7 heteroatoms. The Hall–Kier alpha value is -2.83. The molecule has 2 aromatic rings. The maximum atomic E-state index is 12.6. The van der Waals surface area contributed by atoms with Gasteiger partial charge in [0.15, 0.2) is 6.10 Å². The Bertz CT molecular complexity index is 816. The molecule has 1 N–H and O–H groups in total. The smallest absolute Gasteiger partial charge is 0.355 e. The number of carbonyl (C=O) groups excluding carboxylic acids is 3. The lowest BCUT2D eigenvalue weighted by Crippen LogP contribution is -2.26. The van der Waals surface area contributed by atoms with Crippen molar-refractivity contribution in [2.45, 2.75) is 33.8 Å². The maximum Gasteiger partial charge on any atom is 0.355 e. The summed E-state index contributed by atoms with van der Waals surface area (Å²) in [6, 6.07) is 3.33. The average Bonchev–Trinajstić information content (AvgIpc) is 3.10. The number of ketones is 1. The second kappa shape index (κ2) is 7.38. The number of ether oxygens (including phenoxy) is 2. The predicted octanol–water partition coefficient (Wildman–Crippen LogP) is 2.57. The summed E-state index contributed by atoms with van der Waals surface area (Å²) >= 11 is 0. The summed E-state index contributed by atoms with van der Waals surface area (Å²) in [7, 11) is 1.72. The zero-order valence-corrected chi connectivity index (χ0v) is 15.0. The Morgan fingerprint density at radius 3 is 2.48 bits per heavy atom. The van der Waals surface area contributed by atoms with Gasteiger partial charge >= 0.3 is 11.9 Å². The van der Waals surface area contributed by atoms with Crippen LogP contribution in [0.4, 0.5) is 0 Å². The van der Waals surface area contributed by atoms with Gasteiger partial charge in [-0.2, -0.15) is 0 Å². The van der Waals surface area contributed by atoms with Crippen LogP contribution >= 0.6 is 0 Å². The lowest BCUT2D eigenvalue weighted by atomic mass is 10.1. The molecule has 0 saturated heterocycles. The average molecular weight is 346 g/mol. The summed E-state index contributed by atoms with van der Waals surface area (Å²) < 4.78 is 11.9. The van der Waals surface area contributed by atoms with Crippen LogP contribution in [0.5, 0.6) is 0 Å². The molecule has 0 radical (unpaired) electrons. The van der Waals surface area contributed by atoms with Crippen molar-refractivity contribution in [1.82, 2.24) is 9.55 Å². The molecule has 2 aromatic heterocycles. The predicted molar refractivity (Wildman–Crippen MR) is 90.8 cm³/mol. The van der Waals surface area contributed by atoms with Gasteiger partial charge in [-0.05, 0) is 45.4 Å². The van der Waals surface area contributed by atoms with Crippen LogP contribution < -0.4 is 0 Å². The van der Waals surface area contributed by atoms with Crippen molar-refractivity contribution < 1.29 is 23.9 Å². The summed E-state index contributed by atoms with van der Waals surface area (Å²) in [5, 5.41) is 0. The van der Waals surface area contributed by atoms with Gasteiger partial charge in [0.05, 0.1) is 17.9 Å². The first-order chi connectivity index (χ1) is 11.8. The van der Waals surface area contributed by atoms with E-state index in [1.165, 1.54) is 6.92 Å². The van der Waals surface area contributed by atoms with Crippen molar-refractivity contribution in [1.29, 1.82) is 0 Å². The number of nitrogens with one attached hydrogen (secondary N) is 1. The second-order valence-corrected chi connectivity index (χ2v) is 5.76. The number of esters is 2. The molecule has 2 rings (SSSR count). The molecule has 0 spiro atoms. The molecule has 0 saturated carbocycles. The van der Waals surface area contributed by atoms with E-state index in [-0.39, 0.29) is 12.3 Å². The van der Waals surface area contributed by atoms with E-state index in [0.29, 0.717) is 22.5 Å². The highest BCUT2D eigenvalue weighted by atomic mass is 16.5. The number of aryl methyl sites for hydroxylation is 2. The fraction of sp³-hybridized carbons (Fsp3) is 0.389. The molecule has 0 aliphatic heterocycles. The SMILES string of the molecule is CCOC(=O)c1c(C)[nH]c(C(=O)[C@H](C)OC(=O)c2cccn2C)c1C. The largest absolute Gasteiger partial charge is 0.462 e. The number of aromatic amines is 1. The number of rotatable bonds is 6. The fourth-order valence-corrected chi connectivity index (χ4v) is 2.66. The number of hydrogen-bond acceptors (Lipinski definition) is 5. The molecule has 25 heavy (non-hydrogen) atoms. The molecule has 0 aliphatic rings. The number of aromatic nitrogens is 2. The highest BCUT2D eigenvalue weighted by Gasteiger charge is 2.28. The number of nitrogens with zero attached hydrogens (tertiary/aromatic N) is 1. The molecule has 0 aliphatic carbocycles. The first-order valence-electron chi connectivity index (χ1n) is 8.00. The fourth-order valence-electron chi connectivity index (χ4n) is 2.66. The maximum absolute atomic E-state index is 12.6. The van der Waals surface area contributed by atoms with Crippen LogP contribution in [0.1, 0.15) is 56.4 Å². The molecular weight excluding hydrogens is 324 g/mol. The van der Waals surface area contributed by atoms with Crippen LogP contribution in [0, 0.1) is 13.8 Å². The van der Waals surface area contributed by atoms with Gasteiger partial charge in [0.25, 0.3) is 0 Å². The quantitative estimate of drug-likeness (QED) is 0.641. The third-order valence-electron chi connectivity index (χ3n) is 3.97. The van der Waals surface area contributed by atoms with Crippen molar-refractivity contribution in [2.24, 2.45) is 7.05 Å². The van der Waals surface area contributed by atoms with Gasteiger partial charge in [-0.3, -0.25) is 4.79 Å². The van der Waals surface area contributed by atoms with Gasteiger partial charge < -0.3 is 19.0 Å². The molecule has 0 bridgehead atoms. The van der Waals surface area contributed by atoms with Crippen LogP contribution in [-0.2, 0) is 16.5 Å². The molecule has 0 unspecified atom stereocenters. The second-order valence-electron chi connectivity index (χ2n) is 5.76. The van der Waals surface area contributed by atoms with E-state index in [1.54, 1.807) is 50.7 Å². The zero-order chi connectivity index (χ0) is 18.7. The molecule has 0 fully saturated rings. The number of H-pyrrole nitrogens is 1. The third kappa shape index (κ3) is 3.65. The van der Waals surface area contributed by atoms with Crippen molar-refractivity contribution in [2.75, 3.05) is 6.61 Å². The van der Waals surface area contributed by atoms with Gasteiger partial charge in [-0.25, -0.2) is 9.59 Å². The Balaban J connectivity index is 2.20. The topological polar surface area (TPSA) is 90.4 Å². The van der Waals surface area contributed by atoms with Gasteiger partial charge in [-0.15, -0.1) is 0 Å². The van der Waals surface area contributed by atoms with Gasteiger partial charge in [-0.1, -0.05) is 0 Å². The lowest BCUT2D eigenvalue weighted by Gasteiger charge is -2.12. The van der Waals surface area contributed by atoms with E-state index in [2.05, 4.69) is 4.98 Å². The molecular formula is C18H22N2O5.